The second kappa shape index (κ2) is 6.57. The van der Waals surface area contributed by atoms with Gasteiger partial charge in [0.05, 0.1) is 23.7 Å². The molecule has 1 heterocycles. The number of aromatic carboxylic acids is 1. The molecule has 114 valence electrons. The Labute approximate surface area is 132 Å². The maximum Gasteiger partial charge on any atom is 0.335 e. The first-order chi connectivity index (χ1) is 11.2. The van der Waals surface area contributed by atoms with Gasteiger partial charge in [0.15, 0.2) is 12.2 Å². The van der Waals surface area contributed by atoms with Gasteiger partial charge in [0.1, 0.15) is 0 Å². The van der Waals surface area contributed by atoms with Gasteiger partial charge in [-0.3, -0.25) is 5.43 Å². The molecule has 0 fully saturated rings. The fraction of sp³-hybridized carbons (Fsp3) is 0. The van der Waals surface area contributed by atoms with E-state index in [4.69, 9.17) is 9.52 Å². The quantitative estimate of drug-likeness (QED) is 0.556. The van der Waals surface area contributed by atoms with Crippen molar-refractivity contribution in [3.05, 3.63) is 72.2 Å². The van der Waals surface area contributed by atoms with Crippen LogP contribution in [0.15, 0.2) is 70.6 Å². The zero-order valence-corrected chi connectivity index (χ0v) is 12.0. The molecule has 6 heteroatoms. The van der Waals surface area contributed by atoms with Crippen LogP contribution in [0.4, 0.5) is 5.69 Å². The lowest BCUT2D eigenvalue weighted by molar-refractivity contribution is 0.0697. The molecule has 0 aliphatic carbocycles. The zero-order valence-electron chi connectivity index (χ0n) is 12.0. The van der Waals surface area contributed by atoms with Gasteiger partial charge >= 0.3 is 5.97 Å². The van der Waals surface area contributed by atoms with Crippen LogP contribution in [0.2, 0.25) is 0 Å². The lowest BCUT2D eigenvalue weighted by atomic mass is 10.1. The standard InChI is InChI=1S/C17H13N3O3/c21-17(22)14-3-1-12(2-4-14)9-19-20-15-7-5-13(6-8-15)16-10-18-11-23-16/h1-11,20H,(H,21,22)/b19-9+. The van der Waals surface area contributed by atoms with E-state index in [1.165, 1.54) is 18.5 Å². The van der Waals surface area contributed by atoms with E-state index < -0.39 is 5.97 Å². The largest absolute Gasteiger partial charge is 0.478 e. The first-order valence-electron chi connectivity index (χ1n) is 6.84. The van der Waals surface area contributed by atoms with Crippen molar-refractivity contribution in [2.75, 3.05) is 5.43 Å². The van der Waals surface area contributed by atoms with Crippen LogP contribution in [0.25, 0.3) is 11.3 Å². The predicted octanol–water partition coefficient (Wildman–Crippen LogP) is 3.49. The molecule has 0 radical (unpaired) electrons. The van der Waals surface area contributed by atoms with E-state index in [2.05, 4.69) is 15.5 Å². The van der Waals surface area contributed by atoms with Gasteiger partial charge in [-0.15, -0.1) is 0 Å². The van der Waals surface area contributed by atoms with Crippen LogP contribution >= 0.6 is 0 Å². The number of anilines is 1. The monoisotopic (exact) mass is 307 g/mol. The van der Waals surface area contributed by atoms with Gasteiger partial charge in [0.25, 0.3) is 0 Å². The number of carboxylic acids is 1. The van der Waals surface area contributed by atoms with Crippen molar-refractivity contribution in [2.24, 2.45) is 5.10 Å². The first kappa shape index (κ1) is 14.5. The summed E-state index contributed by atoms with van der Waals surface area (Å²) in [7, 11) is 0. The molecule has 2 aromatic carbocycles. The van der Waals surface area contributed by atoms with Gasteiger partial charge < -0.3 is 9.52 Å². The first-order valence-corrected chi connectivity index (χ1v) is 6.84. The molecule has 0 amide bonds. The summed E-state index contributed by atoms with van der Waals surface area (Å²) in [5, 5.41) is 13.0. The summed E-state index contributed by atoms with van der Waals surface area (Å²) in [4.78, 5) is 14.6. The summed E-state index contributed by atoms with van der Waals surface area (Å²) in [6.45, 7) is 0. The Morgan fingerprint density at radius 1 is 1.13 bits per heavy atom. The summed E-state index contributed by atoms with van der Waals surface area (Å²) < 4.78 is 5.22. The van der Waals surface area contributed by atoms with Gasteiger partial charge in [-0.1, -0.05) is 12.1 Å². The van der Waals surface area contributed by atoms with Crippen LogP contribution in [-0.4, -0.2) is 22.3 Å². The highest BCUT2D eigenvalue weighted by atomic mass is 16.4. The minimum absolute atomic E-state index is 0.248. The van der Waals surface area contributed by atoms with Crippen molar-refractivity contribution >= 4 is 17.9 Å². The van der Waals surface area contributed by atoms with Gasteiger partial charge in [-0.05, 0) is 42.0 Å². The molecule has 0 aliphatic heterocycles. The lowest BCUT2D eigenvalue weighted by Crippen LogP contribution is -1.96. The summed E-state index contributed by atoms with van der Waals surface area (Å²) >= 11 is 0. The summed E-state index contributed by atoms with van der Waals surface area (Å²) in [6, 6.07) is 14.0. The van der Waals surface area contributed by atoms with Crippen LogP contribution in [-0.2, 0) is 0 Å². The number of hydrazone groups is 1. The number of hydrogen-bond donors (Lipinski definition) is 2. The number of aromatic nitrogens is 1. The van der Waals surface area contributed by atoms with E-state index in [0.717, 1.165) is 16.8 Å². The minimum atomic E-state index is -0.946. The topological polar surface area (TPSA) is 87.7 Å². The molecule has 0 saturated heterocycles. The van der Waals surface area contributed by atoms with E-state index in [1.54, 1.807) is 24.5 Å². The second-order valence-corrected chi connectivity index (χ2v) is 4.74. The molecular weight excluding hydrogens is 294 g/mol. The molecule has 2 N–H and O–H groups in total. The molecule has 0 bridgehead atoms. The predicted molar refractivity (Wildman–Crippen MR) is 86.6 cm³/mol. The highest BCUT2D eigenvalue weighted by Gasteiger charge is 2.01. The Bertz CT molecular complexity index is 807. The van der Waals surface area contributed by atoms with Gasteiger partial charge in [0, 0.05) is 5.56 Å². The Kier molecular flexibility index (Phi) is 4.15. The normalized spacial score (nSPS) is 10.8. The Hall–Kier alpha value is -3.41. The molecule has 0 spiro atoms. The molecule has 6 nitrogen and oxygen atoms in total. The number of nitrogens with one attached hydrogen (secondary N) is 1. The third kappa shape index (κ3) is 3.62. The molecule has 0 saturated carbocycles. The van der Waals surface area contributed by atoms with Crippen molar-refractivity contribution in [1.82, 2.24) is 4.98 Å². The van der Waals surface area contributed by atoms with E-state index in [9.17, 15) is 4.79 Å². The van der Waals surface area contributed by atoms with Crippen molar-refractivity contribution < 1.29 is 14.3 Å². The Morgan fingerprint density at radius 3 is 2.48 bits per heavy atom. The summed E-state index contributed by atoms with van der Waals surface area (Å²) in [5.41, 5.74) is 5.72. The average molecular weight is 307 g/mol. The molecule has 3 rings (SSSR count). The van der Waals surface area contributed by atoms with Crippen molar-refractivity contribution in [2.45, 2.75) is 0 Å². The molecule has 0 atom stereocenters. The molecule has 0 aliphatic rings. The number of rotatable bonds is 5. The Balaban J connectivity index is 1.62. The van der Waals surface area contributed by atoms with E-state index in [-0.39, 0.29) is 5.56 Å². The van der Waals surface area contributed by atoms with Gasteiger partial charge in [-0.25, -0.2) is 9.78 Å². The van der Waals surface area contributed by atoms with Crippen LogP contribution in [0.5, 0.6) is 0 Å². The molecular formula is C17H13N3O3. The summed E-state index contributed by atoms with van der Waals surface area (Å²) in [5.74, 6) is -0.239. The second-order valence-electron chi connectivity index (χ2n) is 4.74. The van der Waals surface area contributed by atoms with Crippen LogP contribution in [0, 0.1) is 0 Å². The van der Waals surface area contributed by atoms with Gasteiger partial charge in [0.2, 0.25) is 0 Å². The van der Waals surface area contributed by atoms with Gasteiger partial charge in [-0.2, -0.15) is 5.10 Å². The van der Waals surface area contributed by atoms with E-state index in [1.807, 2.05) is 24.3 Å². The fourth-order valence-electron chi connectivity index (χ4n) is 1.96. The molecule has 1 aromatic heterocycles. The number of carboxylic acid groups (broad SMARTS) is 1. The highest BCUT2D eigenvalue weighted by molar-refractivity contribution is 5.89. The van der Waals surface area contributed by atoms with E-state index >= 15 is 0 Å². The van der Waals surface area contributed by atoms with Crippen molar-refractivity contribution in [1.29, 1.82) is 0 Å². The van der Waals surface area contributed by atoms with Crippen LogP contribution < -0.4 is 5.43 Å². The number of carbonyl (C=O) groups is 1. The molecule has 3 aromatic rings. The highest BCUT2D eigenvalue weighted by Crippen LogP contribution is 2.20. The smallest absolute Gasteiger partial charge is 0.335 e. The molecule has 0 unspecified atom stereocenters. The van der Waals surface area contributed by atoms with Crippen molar-refractivity contribution in [3.63, 3.8) is 0 Å². The van der Waals surface area contributed by atoms with Crippen LogP contribution in [0.1, 0.15) is 15.9 Å². The third-order valence-corrected chi connectivity index (χ3v) is 3.17. The third-order valence-electron chi connectivity index (χ3n) is 3.17. The summed E-state index contributed by atoms with van der Waals surface area (Å²) in [6.07, 6.45) is 4.67. The number of hydrogen-bond acceptors (Lipinski definition) is 5. The lowest BCUT2D eigenvalue weighted by Gasteiger charge is -2.01. The van der Waals surface area contributed by atoms with Crippen LogP contribution in [0.3, 0.4) is 0 Å². The number of nitrogens with zero attached hydrogens (tertiary/aromatic N) is 2. The zero-order chi connectivity index (χ0) is 16.1. The molecule has 23 heavy (non-hydrogen) atoms. The van der Waals surface area contributed by atoms with E-state index in [0.29, 0.717) is 5.76 Å². The maximum atomic E-state index is 10.8. The average Bonchev–Trinajstić information content (AvgIpc) is 3.10. The number of benzene rings is 2. The maximum absolute atomic E-state index is 10.8. The fourth-order valence-corrected chi connectivity index (χ4v) is 1.96. The number of oxazole rings is 1. The Morgan fingerprint density at radius 2 is 1.87 bits per heavy atom. The minimum Gasteiger partial charge on any atom is -0.478 e. The van der Waals surface area contributed by atoms with Crippen molar-refractivity contribution in [3.8, 4) is 11.3 Å². The SMILES string of the molecule is O=C(O)c1ccc(/C=N/Nc2ccc(-c3cnco3)cc2)cc1.